The molecule has 0 aliphatic carbocycles. The first-order valence-corrected chi connectivity index (χ1v) is 6.50. The van der Waals surface area contributed by atoms with Gasteiger partial charge in [-0.15, -0.1) is 0 Å². The van der Waals surface area contributed by atoms with Gasteiger partial charge in [-0.3, -0.25) is 9.59 Å². The van der Waals surface area contributed by atoms with Crippen molar-refractivity contribution in [2.24, 2.45) is 0 Å². The van der Waals surface area contributed by atoms with Crippen molar-refractivity contribution in [2.45, 2.75) is 6.42 Å². The molecule has 1 aromatic carbocycles. The molecule has 2 rings (SSSR count). The van der Waals surface area contributed by atoms with E-state index in [1.165, 1.54) is 36.8 Å². The van der Waals surface area contributed by atoms with Crippen LogP contribution in [-0.4, -0.2) is 18.4 Å². The normalized spacial score (nSPS) is 10.2. The summed E-state index contributed by atoms with van der Waals surface area (Å²) < 4.78 is 18.3. The highest BCUT2D eigenvalue weighted by Gasteiger charge is 2.11. The first-order chi connectivity index (χ1) is 10.1. The molecule has 110 valence electrons. The molecule has 2 aromatic rings. The van der Waals surface area contributed by atoms with Crippen molar-refractivity contribution in [3.8, 4) is 0 Å². The molecule has 5 nitrogen and oxygen atoms in total. The van der Waals surface area contributed by atoms with Crippen LogP contribution in [0.15, 0.2) is 41.2 Å². The highest BCUT2D eigenvalue weighted by atomic mass is 35.5. The van der Waals surface area contributed by atoms with Gasteiger partial charge in [0.25, 0.3) is 5.91 Å². The lowest BCUT2D eigenvalue weighted by Crippen LogP contribution is -2.27. The fourth-order valence-electron chi connectivity index (χ4n) is 1.60. The molecule has 0 saturated carbocycles. The van der Waals surface area contributed by atoms with E-state index in [1.807, 2.05) is 0 Å². The van der Waals surface area contributed by atoms with E-state index in [4.69, 9.17) is 16.0 Å². The second kappa shape index (κ2) is 6.90. The topological polar surface area (TPSA) is 71.3 Å². The quantitative estimate of drug-likeness (QED) is 0.892. The lowest BCUT2D eigenvalue weighted by atomic mass is 10.3. The van der Waals surface area contributed by atoms with Gasteiger partial charge in [-0.1, -0.05) is 17.7 Å². The molecule has 0 aliphatic rings. The number of benzene rings is 1. The number of anilines is 1. The fraction of sp³-hybridized carbons (Fsp3) is 0.143. The number of hydrogen-bond acceptors (Lipinski definition) is 3. The van der Waals surface area contributed by atoms with E-state index in [2.05, 4.69) is 10.6 Å². The predicted molar refractivity (Wildman–Crippen MR) is 75.7 cm³/mol. The number of carbonyl (C=O) groups excluding carboxylic acids is 2. The lowest BCUT2D eigenvalue weighted by Gasteiger charge is -2.07. The van der Waals surface area contributed by atoms with Gasteiger partial charge in [-0.2, -0.15) is 0 Å². The first kappa shape index (κ1) is 15.1. The van der Waals surface area contributed by atoms with Crippen LogP contribution in [0.25, 0.3) is 0 Å². The SMILES string of the molecule is O=C(CCNC(=O)c1ccoc1)Nc1cccc(Cl)c1F. The summed E-state index contributed by atoms with van der Waals surface area (Å²) in [5.74, 6) is -1.45. The Hall–Kier alpha value is -2.34. The molecule has 0 spiro atoms. The smallest absolute Gasteiger partial charge is 0.254 e. The number of amides is 2. The van der Waals surface area contributed by atoms with Gasteiger partial charge in [0, 0.05) is 13.0 Å². The van der Waals surface area contributed by atoms with Crippen LogP contribution in [0.1, 0.15) is 16.8 Å². The van der Waals surface area contributed by atoms with Gasteiger partial charge in [0.15, 0.2) is 5.82 Å². The molecule has 0 radical (unpaired) electrons. The summed E-state index contributed by atoms with van der Waals surface area (Å²) in [6.07, 6.45) is 2.69. The molecular weight excluding hydrogens is 299 g/mol. The lowest BCUT2D eigenvalue weighted by molar-refractivity contribution is -0.116. The molecular formula is C14H12ClFN2O3. The largest absolute Gasteiger partial charge is 0.472 e. The maximum Gasteiger partial charge on any atom is 0.254 e. The average Bonchev–Trinajstić information content (AvgIpc) is 2.98. The Morgan fingerprint density at radius 3 is 2.81 bits per heavy atom. The van der Waals surface area contributed by atoms with Crippen molar-refractivity contribution in [2.75, 3.05) is 11.9 Å². The van der Waals surface area contributed by atoms with E-state index in [9.17, 15) is 14.0 Å². The van der Waals surface area contributed by atoms with Crippen molar-refractivity contribution in [3.63, 3.8) is 0 Å². The predicted octanol–water partition coefficient (Wildman–Crippen LogP) is 2.83. The standard InChI is InChI=1S/C14H12ClFN2O3/c15-10-2-1-3-11(13(10)16)18-12(19)4-6-17-14(20)9-5-7-21-8-9/h1-3,5,7-8H,4,6H2,(H,17,20)(H,18,19). The van der Waals surface area contributed by atoms with Crippen LogP contribution < -0.4 is 10.6 Å². The maximum absolute atomic E-state index is 13.6. The summed E-state index contributed by atoms with van der Waals surface area (Å²) >= 11 is 5.61. The molecule has 1 heterocycles. The van der Waals surface area contributed by atoms with Crippen LogP contribution in [-0.2, 0) is 4.79 Å². The minimum atomic E-state index is -0.685. The Morgan fingerprint density at radius 1 is 1.29 bits per heavy atom. The molecule has 0 fully saturated rings. The van der Waals surface area contributed by atoms with Gasteiger partial charge in [0.05, 0.1) is 22.5 Å². The Kier molecular flexibility index (Phi) is 4.94. The molecule has 2 N–H and O–H groups in total. The summed E-state index contributed by atoms with van der Waals surface area (Å²) in [7, 11) is 0. The van der Waals surface area contributed by atoms with E-state index in [0.717, 1.165) is 0 Å². The van der Waals surface area contributed by atoms with E-state index in [1.54, 1.807) is 0 Å². The zero-order chi connectivity index (χ0) is 15.2. The van der Waals surface area contributed by atoms with Crippen LogP contribution in [0.2, 0.25) is 5.02 Å². The Labute approximate surface area is 125 Å². The van der Waals surface area contributed by atoms with E-state index < -0.39 is 11.7 Å². The van der Waals surface area contributed by atoms with Gasteiger partial charge in [0.2, 0.25) is 5.91 Å². The molecule has 7 heteroatoms. The molecule has 1 aromatic heterocycles. The summed E-state index contributed by atoms with van der Waals surface area (Å²) in [6.45, 7) is 0.123. The number of carbonyl (C=O) groups is 2. The number of nitrogens with one attached hydrogen (secondary N) is 2. The van der Waals surface area contributed by atoms with Crippen LogP contribution >= 0.6 is 11.6 Å². The number of furan rings is 1. The summed E-state index contributed by atoms with van der Waals surface area (Å²) in [5, 5.41) is 4.87. The van der Waals surface area contributed by atoms with Gasteiger partial charge in [0.1, 0.15) is 6.26 Å². The van der Waals surface area contributed by atoms with Crippen molar-refractivity contribution >= 4 is 29.1 Å². The molecule has 0 saturated heterocycles. The Morgan fingerprint density at radius 2 is 2.10 bits per heavy atom. The number of rotatable bonds is 5. The first-order valence-electron chi connectivity index (χ1n) is 6.12. The zero-order valence-electron chi connectivity index (χ0n) is 10.9. The van der Waals surface area contributed by atoms with Gasteiger partial charge in [-0.25, -0.2) is 4.39 Å². The van der Waals surface area contributed by atoms with Crippen LogP contribution in [0.5, 0.6) is 0 Å². The van der Waals surface area contributed by atoms with E-state index >= 15 is 0 Å². The summed E-state index contributed by atoms with van der Waals surface area (Å²) in [5.41, 5.74) is 0.380. The third-order valence-corrected chi connectivity index (χ3v) is 2.94. The second-order valence-corrected chi connectivity index (χ2v) is 4.57. The summed E-state index contributed by atoms with van der Waals surface area (Å²) in [4.78, 5) is 23.2. The third-order valence-electron chi connectivity index (χ3n) is 2.65. The van der Waals surface area contributed by atoms with Crippen molar-refractivity contribution in [3.05, 3.63) is 53.2 Å². The molecule has 0 bridgehead atoms. The Bertz CT molecular complexity index is 644. The molecule has 2 amide bonds. The summed E-state index contributed by atoms with van der Waals surface area (Å²) in [6, 6.07) is 5.83. The minimum Gasteiger partial charge on any atom is -0.472 e. The molecule has 21 heavy (non-hydrogen) atoms. The molecule has 0 aliphatic heterocycles. The third kappa shape index (κ3) is 4.06. The zero-order valence-corrected chi connectivity index (χ0v) is 11.6. The number of hydrogen-bond donors (Lipinski definition) is 2. The second-order valence-electron chi connectivity index (χ2n) is 4.17. The van der Waals surface area contributed by atoms with Gasteiger partial charge in [-0.05, 0) is 18.2 Å². The van der Waals surface area contributed by atoms with Crippen LogP contribution in [0.3, 0.4) is 0 Å². The van der Waals surface area contributed by atoms with E-state index in [-0.39, 0.29) is 29.6 Å². The monoisotopic (exact) mass is 310 g/mol. The van der Waals surface area contributed by atoms with Gasteiger partial charge < -0.3 is 15.1 Å². The highest BCUT2D eigenvalue weighted by molar-refractivity contribution is 6.31. The van der Waals surface area contributed by atoms with Crippen molar-refractivity contribution in [1.29, 1.82) is 0 Å². The van der Waals surface area contributed by atoms with Crippen molar-refractivity contribution < 1.29 is 18.4 Å². The fourth-order valence-corrected chi connectivity index (χ4v) is 1.77. The van der Waals surface area contributed by atoms with Crippen LogP contribution in [0.4, 0.5) is 10.1 Å². The van der Waals surface area contributed by atoms with Gasteiger partial charge >= 0.3 is 0 Å². The maximum atomic E-state index is 13.6. The minimum absolute atomic E-state index is 0.00802. The molecule has 0 atom stereocenters. The van der Waals surface area contributed by atoms with Crippen LogP contribution in [0, 0.1) is 5.82 Å². The highest BCUT2D eigenvalue weighted by Crippen LogP contribution is 2.21. The van der Waals surface area contributed by atoms with E-state index in [0.29, 0.717) is 5.56 Å². The average molecular weight is 311 g/mol. The molecule has 0 unspecified atom stereocenters. The Balaban J connectivity index is 1.80. The van der Waals surface area contributed by atoms with Crippen molar-refractivity contribution in [1.82, 2.24) is 5.32 Å². The number of halogens is 2.